The van der Waals surface area contributed by atoms with Crippen LogP contribution in [-0.2, 0) is 0 Å². The SMILES string of the molecule is C(=C\c1n[nH]c(C2CC2)c1N1CCNCC1)/c1cccnc1. The van der Waals surface area contributed by atoms with E-state index in [1.807, 2.05) is 12.3 Å². The summed E-state index contributed by atoms with van der Waals surface area (Å²) in [4.78, 5) is 6.62. The van der Waals surface area contributed by atoms with Gasteiger partial charge in [-0.2, -0.15) is 5.10 Å². The molecule has 2 aromatic rings. The minimum atomic E-state index is 0.679. The number of pyridine rings is 1. The molecule has 5 heteroatoms. The largest absolute Gasteiger partial charge is 0.366 e. The van der Waals surface area contributed by atoms with Crippen LogP contribution in [0.25, 0.3) is 12.2 Å². The molecule has 2 aliphatic rings. The highest BCUT2D eigenvalue weighted by molar-refractivity contribution is 5.76. The summed E-state index contributed by atoms with van der Waals surface area (Å²) in [6.07, 6.45) is 10.4. The van der Waals surface area contributed by atoms with Gasteiger partial charge >= 0.3 is 0 Å². The number of H-pyrrole nitrogens is 1. The minimum absolute atomic E-state index is 0.679. The fraction of sp³-hybridized carbons (Fsp3) is 0.412. The molecule has 2 N–H and O–H groups in total. The van der Waals surface area contributed by atoms with Gasteiger partial charge in [-0.3, -0.25) is 10.1 Å². The molecule has 0 aromatic carbocycles. The molecule has 3 heterocycles. The monoisotopic (exact) mass is 295 g/mol. The van der Waals surface area contributed by atoms with Gasteiger partial charge < -0.3 is 10.2 Å². The summed E-state index contributed by atoms with van der Waals surface area (Å²) in [7, 11) is 0. The van der Waals surface area contributed by atoms with Crippen LogP contribution in [0, 0.1) is 0 Å². The second kappa shape index (κ2) is 5.93. The molecule has 0 radical (unpaired) electrons. The molecule has 5 nitrogen and oxygen atoms in total. The number of nitrogens with one attached hydrogen (secondary N) is 2. The number of piperazine rings is 1. The first kappa shape index (κ1) is 13.5. The number of anilines is 1. The van der Waals surface area contributed by atoms with E-state index in [0.29, 0.717) is 5.92 Å². The highest BCUT2D eigenvalue weighted by Gasteiger charge is 2.31. The van der Waals surface area contributed by atoms with Gasteiger partial charge in [0, 0.05) is 44.5 Å². The van der Waals surface area contributed by atoms with Crippen LogP contribution in [0.5, 0.6) is 0 Å². The molecule has 1 saturated carbocycles. The van der Waals surface area contributed by atoms with Crippen molar-refractivity contribution in [1.82, 2.24) is 20.5 Å². The number of nitrogens with zero attached hydrogens (tertiary/aromatic N) is 3. The quantitative estimate of drug-likeness (QED) is 0.908. The summed E-state index contributed by atoms with van der Waals surface area (Å²) in [6.45, 7) is 4.18. The molecule has 22 heavy (non-hydrogen) atoms. The lowest BCUT2D eigenvalue weighted by Gasteiger charge is -2.30. The number of hydrogen-bond acceptors (Lipinski definition) is 4. The molecular weight excluding hydrogens is 274 g/mol. The van der Waals surface area contributed by atoms with E-state index < -0.39 is 0 Å². The smallest absolute Gasteiger partial charge is 0.108 e. The maximum Gasteiger partial charge on any atom is 0.108 e. The van der Waals surface area contributed by atoms with Gasteiger partial charge in [-0.25, -0.2) is 0 Å². The molecule has 4 rings (SSSR count). The molecule has 2 aromatic heterocycles. The summed E-state index contributed by atoms with van der Waals surface area (Å²) in [6, 6.07) is 4.01. The van der Waals surface area contributed by atoms with Crippen molar-refractivity contribution in [2.24, 2.45) is 0 Å². The predicted molar refractivity (Wildman–Crippen MR) is 88.8 cm³/mol. The van der Waals surface area contributed by atoms with Crippen molar-refractivity contribution >= 4 is 17.8 Å². The van der Waals surface area contributed by atoms with E-state index in [1.165, 1.54) is 24.2 Å². The van der Waals surface area contributed by atoms with Crippen molar-refractivity contribution in [3.8, 4) is 0 Å². The van der Waals surface area contributed by atoms with E-state index in [1.54, 1.807) is 6.20 Å². The van der Waals surface area contributed by atoms with Gasteiger partial charge in [0.2, 0.25) is 0 Å². The van der Waals surface area contributed by atoms with E-state index in [-0.39, 0.29) is 0 Å². The van der Waals surface area contributed by atoms with E-state index >= 15 is 0 Å². The molecular formula is C17H21N5. The molecule has 0 spiro atoms. The third-order valence-electron chi connectivity index (χ3n) is 4.33. The lowest BCUT2D eigenvalue weighted by atomic mass is 10.1. The minimum Gasteiger partial charge on any atom is -0.366 e. The van der Waals surface area contributed by atoms with Crippen LogP contribution in [0.2, 0.25) is 0 Å². The van der Waals surface area contributed by atoms with Gasteiger partial charge in [0.15, 0.2) is 0 Å². The number of aromatic nitrogens is 3. The fourth-order valence-corrected chi connectivity index (χ4v) is 3.01. The van der Waals surface area contributed by atoms with Crippen molar-refractivity contribution in [3.63, 3.8) is 0 Å². The average Bonchev–Trinajstić information content (AvgIpc) is 3.34. The van der Waals surface area contributed by atoms with Crippen LogP contribution >= 0.6 is 0 Å². The Morgan fingerprint density at radius 1 is 1.18 bits per heavy atom. The lowest BCUT2D eigenvalue weighted by molar-refractivity contribution is 0.587. The van der Waals surface area contributed by atoms with Gasteiger partial charge in [0.1, 0.15) is 5.69 Å². The Kier molecular flexibility index (Phi) is 3.64. The zero-order chi connectivity index (χ0) is 14.8. The predicted octanol–water partition coefficient (Wildman–Crippen LogP) is 2.26. The molecule has 0 amide bonds. The van der Waals surface area contributed by atoms with Crippen LogP contribution in [0.4, 0.5) is 5.69 Å². The number of aromatic amines is 1. The van der Waals surface area contributed by atoms with Gasteiger partial charge in [0.05, 0.1) is 11.4 Å². The van der Waals surface area contributed by atoms with Crippen molar-refractivity contribution in [3.05, 3.63) is 41.5 Å². The Labute approximate surface area is 130 Å². The first-order chi connectivity index (χ1) is 10.9. The van der Waals surface area contributed by atoms with Crippen LogP contribution in [0.1, 0.15) is 35.7 Å². The highest BCUT2D eigenvalue weighted by Crippen LogP contribution is 2.44. The maximum absolute atomic E-state index is 4.57. The van der Waals surface area contributed by atoms with Crippen LogP contribution in [-0.4, -0.2) is 41.4 Å². The van der Waals surface area contributed by atoms with E-state index in [2.05, 4.69) is 43.6 Å². The first-order valence-corrected chi connectivity index (χ1v) is 8.04. The molecule has 0 bridgehead atoms. The molecule has 0 unspecified atom stereocenters. The van der Waals surface area contributed by atoms with Crippen LogP contribution in [0.3, 0.4) is 0 Å². The van der Waals surface area contributed by atoms with Crippen molar-refractivity contribution < 1.29 is 0 Å². The Hall–Kier alpha value is -2.14. The third-order valence-corrected chi connectivity index (χ3v) is 4.33. The summed E-state index contributed by atoms with van der Waals surface area (Å²) in [5.74, 6) is 0.679. The first-order valence-electron chi connectivity index (χ1n) is 8.04. The van der Waals surface area contributed by atoms with Crippen LogP contribution < -0.4 is 10.2 Å². The number of hydrogen-bond donors (Lipinski definition) is 2. The molecule has 0 atom stereocenters. The summed E-state index contributed by atoms with van der Waals surface area (Å²) in [5, 5.41) is 11.3. The molecule has 1 saturated heterocycles. The Morgan fingerprint density at radius 3 is 2.77 bits per heavy atom. The Bertz CT molecular complexity index is 651. The zero-order valence-electron chi connectivity index (χ0n) is 12.6. The van der Waals surface area contributed by atoms with Crippen molar-refractivity contribution in [2.75, 3.05) is 31.1 Å². The topological polar surface area (TPSA) is 56.8 Å². The van der Waals surface area contributed by atoms with Gasteiger partial charge in [-0.1, -0.05) is 12.1 Å². The van der Waals surface area contributed by atoms with Gasteiger partial charge in [0.25, 0.3) is 0 Å². The molecule has 1 aliphatic heterocycles. The van der Waals surface area contributed by atoms with Crippen LogP contribution in [0.15, 0.2) is 24.5 Å². The second-order valence-electron chi connectivity index (χ2n) is 6.00. The fourth-order valence-electron chi connectivity index (χ4n) is 3.01. The maximum atomic E-state index is 4.57. The third kappa shape index (κ3) is 2.76. The summed E-state index contributed by atoms with van der Waals surface area (Å²) < 4.78 is 0. The van der Waals surface area contributed by atoms with Gasteiger partial charge in [-0.05, 0) is 30.5 Å². The second-order valence-corrected chi connectivity index (χ2v) is 6.00. The molecule has 2 fully saturated rings. The molecule has 1 aliphatic carbocycles. The van der Waals surface area contributed by atoms with Crippen molar-refractivity contribution in [2.45, 2.75) is 18.8 Å². The normalized spacial score (nSPS) is 19.0. The van der Waals surface area contributed by atoms with E-state index in [9.17, 15) is 0 Å². The average molecular weight is 295 g/mol. The lowest BCUT2D eigenvalue weighted by Crippen LogP contribution is -2.44. The standard InChI is InChI=1S/C17H21N5/c1-2-13(12-19-7-1)3-6-15-17(22-10-8-18-9-11-22)16(21-20-15)14-4-5-14/h1-3,6-7,12,14,18H,4-5,8-11H2,(H,20,21)/b6-3+. The summed E-state index contributed by atoms with van der Waals surface area (Å²) >= 11 is 0. The molecule has 114 valence electrons. The van der Waals surface area contributed by atoms with Gasteiger partial charge in [-0.15, -0.1) is 0 Å². The van der Waals surface area contributed by atoms with E-state index in [0.717, 1.165) is 37.4 Å². The van der Waals surface area contributed by atoms with E-state index in [4.69, 9.17) is 0 Å². The highest BCUT2D eigenvalue weighted by atomic mass is 15.2. The number of rotatable bonds is 4. The summed E-state index contributed by atoms with van der Waals surface area (Å²) in [5.41, 5.74) is 4.79. The Morgan fingerprint density at radius 2 is 2.05 bits per heavy atom. The van der Waals surface area contributed by atoms with Crippen molar-refractivity contribution in [1.29, 1.82) is 0 Å². The zero-order valence-corrected chi connectivity index (χ0v) is 12.6. The Balaban J connectivity index is 1.65.